The number of rotatable bonds is 1. The van der Waals surface area contributed by atoms with E-state index >= 15 is 0 Å². The van der Waals surface area contributed by atoms with E-state index < -0.39 is 12.1 Å². The molecule has 1 heterocycles. The maximum absolute atomic E-state index is 11.8. The third-order valence-electron chi connectivity index (χ3n) is 1.41. The minimum atomic E-state index is -4.86. The van der Waals surface area contributed by atoms with Gasteiger partial charge < -0.3 is 5.32 Å². The third-order valence-corrected chi connectivity index (χ3v) is 1.41. The minimum absolute atomic E-state index is 0.0832. The number of hydrogen-bond donors (Lipinski definition) is 1. The van der Waals surface area contributed by atoms with Gasteiger partial charge in [-0.15, -0.1) is 0 Å². The predicted octanol–water partition coefficient (Wildman–Crippen LogP) is 1.89. The summed E-state index contributed by atoms with van der Waals surface area (Å²) < 4.78 is 35.4. The van der Waals surface area contributed by atoms with Crippen molar-refractivity contribution in [2.45, 2.75) is 13.1 Å². The van der Waals surface area contributed by atoms with Gasteiger partial charge in [0, 0.05) is 17.6 Å². The number of carbonyl (C=O) groups is 1. The van der Waals surface area contributed by atoms with Crippen LogP contribution in [-0.2, 0) is 4.79 Å². The molecule has 0 aromatic carbocycles. The quantitative estimate of drug-likeness (QED) is 0.758. The molecule has 0 aliphatic carbocycles. The Bertz CT molecular complexity index is 349. The van der Waals surface area contributed by atoms with E-state index in [9.17, 15) is 18.0 Å². The van der Waals surface area contributed by atoms with Crippen molar-refractivity contribution in [3.05, 3.63) is 24.0 Å². The summed E-state index contributed by atoms with van der Waals surface area (Å²) in [6.45, 7) is 1.61. The molecule has 1 rings (SSSR count). The Kier molecular flexibility index (Phi) is 2.73. The van der Waals surface area contributed by atoms with Crippen LogP contribution in [0.3, 0.4) is 0 Å². The van der Waals surface area contributed by atoms with Gasteiger partial charge in [0.1, 0.15) is 0 Å². The number of nitrogens with one attached hydrogen (secondary N) is 1. The van der Waals surface area contributed by atoms with E-state index in [0.717, 1.165) is 0 Å². The Morgan fingerprint density at radius 3 is 2.64 bits per heavy atom. The van der Waals surface area contributed by atoms with Crippen LogP contribution in [-0.4, -0.2) is 17.1 Å². The summed E-state index contributed by atoms with van der Waals surface area (Å²) in [5.74, 6) is -1.98. The van der Waals surface area contributed by atoms with Crippen molar-refractivity contribution < 1.29 is 18.0 Å². The lowest BCUT2D eigenvalue weighted by molar-refractivity contribution is -0.167. The number of hydrogen-bond acceptors (Lipinski definition) is 2. The second-order valence-corrected chi connectivity index (χ2v) is 2.64. The number of halogens is 3. The number of carbonyl (C=O) groups excluding carboxylic acids is 1. The topological polar surface area (TPSA) is 42.0 Å². The first kappa shape index (κ1) is 10.5. The van der Waals surface area contributed by atoms with Crippen molar-refractivity contribution in [2.24, 2.45) is 0 Å². The molecule has 0 radical (unpaired) electrons. The molecule has 6 heteroatoms. The van der Waals surface area contributed by atoms with Gasteiger partial charge >= 0.3 is 12.1 Å². The van der Waals surface area contributed by atoms with Crippen LogP contribution >= 0.6 is 0 Å². The highest BCUT2D eigenvalue weighted by molar-refractivity contribution is 5.94. The second-order valence-electron chi connectivity index (χ2n) is 2.64. The molecule has 76 valence electrons. The smallest absolute Gasteiger partial charge is 0.318 e. The van der Waals surface area contributed by atoms with Gasteiger partial charge in [-0.25, -0.2) is 0 Å². The molecule has 1 aromatic rings. The summed E-state index contributed by atoms with van der Waals surface area (Å²) in [4.78, 5) is 14.3. The van der Waals surface area contributed by atoms with Gasteiger partial charge in [0.25, 0.3) is 0 Å². The maximum Gasteiger partial charge on any atom is 0.471 e. The molecule has 1 aromatic heterocycles. The number of aromatic nitrogens is 1. The van der Waals surface area contributed by atoms with Gasteiger partial charge in [-0.2, -0.15) is 13.2 Å². The molecule has 1 amide bonds. The minimum Gasteiger partial charge on any atom is -0.318 e. The molecule has 0 aliphatic rings. The molecule has 0 unspecified atom stereocenters. The van der Waals surface area contributed by atoms with Gasteiger partial charge in [-0.3, -0.25) is 9.78 Å². The van der Waals surface area contributed by atoms with Crippen LogP contribution in [0.1, 0.15) is 5.69 Å². The summed E-state index contributed by atoms with van der Waals surface area (Å²) in [6.07, 6.45) is -3.54. The summed E-state index contributed by atoms with van der Waals surface area (Å²) >= 11 is 0. The van der Waals surface area contributed by atoms with Gasteiger partial charge in [-0.1, -0.05) is 0 Å². The van der Waals surface area contributed by atoms with Crippen molar-refractivity contribution >= 4 is 11.6 Å². The Morgan fingerprint density at radius 1 is 1.50 bits per heavy atom. The van der Waals surface area contributed by atoms with Crippen molar-refractivity contribution in [2.75, 3.05) is 5.32 Å². The molecule has 0 saturated carbocycles. The molecule has 0 saturated heterocycles. The predicted molar refractivity (Wildman–Crippen MR) is 43.7 cm³/mol. The highest BCUT2D eigenvalue weighted by Gasteiger charge is 2.38. The van der Waals surface area contributed by atoms with Crippen LogP contribution in [0.25, 0.3) is 0 Å². The highest BCUT2D eigenvalue weighted by Crippen LogP contribution is 2.17. The van der Waals surface area contributed by atoms with Crippen LogP contribution in [0.2, 0.25) is 0 Å². The average molecular weight is 204 g/mol. The third kappa shape index (κ3) is 2.72. The molecule has 0 bridgehead atoms. The van der Waals surface area contributed by atoms with Crippen LogP contribution in [0.15, 0.2) is 18.3 Å². The van der Waals surface area contributed by atoms with Crippen LogP contribution < -0.4 is 5.32 Å². The molecule has 14 heavy (non-hydrogen) atoms. The molecule has 0 fully saturated rings. The molecule has 3 nitrogen and oxygen atoms in total. The van der Waals surface area contributed by atoms with Gasteiger partial charge in [-0.05, 0) is 19.1 Å². The fourth-order valence-corrected chi connectivity index (χ4v) is 0.825. The van der Waals surface area contributed by atoms with Gasteiger partial charge in [0.05, 0.1) is 0 Å². The van der Waals surface area contributed by atoms with Crippen LogP contribution in [0, 0.1) is 6.92 Å². The molecule has 0 aliphatic heterocycles. The number of amides is 1. The molecular formula is C8H7F3N2O. The van der Waals surface area contributed by atoms with Crippen LogP contribution in [0.4, 0.5) is 18.9 Å². The maximum atomic E-state index is 11.8. The van der Waals surface area contributed by atoms with Crippen molar-refractivity contribution in [1.29, 1.82) is 0 Å². The summed E-state index contributed by atoms with van der Waals surface area (Å²) in [5, 5.41) is 1.72. The number of pyridine rings is 1. The summed E-state index contributed by atoms with van der Waals surface area (Å²) in [6, 6.07) is 2.64. The lowest BCUT2D eigenvalue weighted by Crippen LogP contribution is -2.29. The Hall–Kier alpha value is -1.59. The second kappa shape index (κ2) is 3.65. The normalized spacial score (nSPS) is 11.1. The lowest BCUT2D eigenvalue weighted by atomic mass is 10.3. The summed E-state index contributed by atoms with van der Waals surface area (Å²) in [5.41, 5.74) is 0.616. The fraction of sp³-hybridized carbons (Fsp3) is 0.250. The number of nitrogens with zero attached hydrogens (tertiary/aromatic N) is 1. The zero-order valence-corrected chi connectivity index (χ0v) is 7.22. The fourth-order valence-electron chi connectivity index (χ4n) is 0.825. The Balaban J connectivity index is 2.75. The van der Waals surface area contributed by atoms with E-state index in [1.165, 1.54) is 18.3 Å². The largest absolute Gasteiger partial charge is 0.471 e. The van der Waals surface area contributed by atoms with E-state index in [-0.39, 0.29) is 5.69 Å². The van der Waals surface area contributed by atoms with Gasteiger partial charge in [0.15, 0.2) is 0 Å². The van der Waals surface area contributed by atoms with E-state index in [2.05, 4.69) is 4.98 Å². The number of aryl methyl sites for hydroxylation is 1. The molecular weight excluding hydrogens is 197 g/mol. The van der Waals surface area contributed by atoms with Gasteiger partial charge in [0.2, 0.25) is 0 Å². The zero-order valence-electron chi connectivity index (χ0n) is 7.22. The highest BCUT2D eigenvalue weighted by atomic mass is 19.4. The molecule has 0 atom stereocenters. The number of anilines is 1. The molecule has 0 spiro atoms. The monoisotopic (exact) mass is 204 g/mol. The first-order valence-corrected chi connectivity index (χ1v) is 3.70. The average Bonchev–Trinajstić information content (AvgIpc) is 2.02. The van der Waals surface area contributed by atoms with E-state index in [1.54, 1.807) is 12.2 Å². The Morgan fingerprint density at radius 2 is 2.14 bits per heavy atom. The van der Waals surface area contributed by atoms with E-state index in [4.69, 9.17) is 0 Å². The van der Waals surface area contributed by atoms with Crippen LogP contribution in [0.5, 0.6) is 0 Å². The number of alkyl halides is 3. The first-order valence-electron chi connectivity index (χ1n) is 3.70. The van der Waals surface area contributed by atoms with Crippen molar-refractivity contribution in [3.8, 4) is 0 Å². The lowest BCUT2D eigenvalue weighted by Gasteiger charge is -2.07. The standard InChI is InChI=1S/C8H7F3N2O/c1-5-4-6(2-3-12-5)13-7(14)8(9,10)11/h2-4H,1H3,(H,12,13,14). The first-order chi connectivity index (χ1) is 6.39. The SMILES string of the molecule is Cc1cc(NC(=O)C(F)(F)F)ccn1. The summed E-state index contributed by atoms with van der Waals surface area (Å²) in [7, 11) is 0. The molecule has 1 N–H and O–H groups in total. The van der Waals surface area contributed by atoms with Crippen molar-refractivity contribution in [1.82, 2.24) is 4.98 Å². The Labute approximate surface area is 78.0 Å². The van der Waals surface area contributed by atoms with Crippen molar-refractivity contribution in [3.63, 3.8) is 0 Å². The van der Waals surface area contributed by atoms with E-state index in [0.29, 0.717) is 5.69 Å². The van der Waals surface area contributed by atoms with E-state index in [1.807, 2.05) is 0 Å². The zero-order chi connectivity index (χ0) is 10.8.